The summed E-state index contributed by atoms with van der Waals surface area (Å²) in [5.41, 5.74) is 0.870. The maximum absolute atomic E-state index is 13.5. The van der Waals surface area contributed by atoms with E-state index < -0.39 is 23.4 Å². The summed E-state index contributed by atoms with van der Waals surface area (Å²) in [4.78, 5) is 26.8. The SMILES string of the molecule is COc1ccc(C2=C(Nc3ccc(F)c(F)c3)C(=O)N(C(C)C)C2=O)cc1. The minimum Gasteiger partial charge on any atom is -0.497 e. The van der Waals surface area contributed by atoms with Crippen molar-refractivity contribution in [2.75, 3.05) is 12.4 Å². The number of carbonyl (C=O) groups is 2. The molecule has 0 aliphatic carbocycles. The number of amides is 2. The topological polar surface area (TPSA) is 58.6 Å². The Morgan fingerprint density at radius 1 is 0.963 bits per heavy atom. The van der Waals surface area contributed by atoms with E-state index in [9.17, 15) is 18.4 Å². The molecule has 5 nitrogen and oxygen atoms in total. The van der Waals surface area contributed by atoms with Gasteiger partial charge in [0.15, 0.2) is 11.6 Å². The Hall–Kier alpha value is -3.22. The molecular formula is C20H18F2N2O3. The van der Waals surface area contributed by atoms with Crippen molar-refractivity contribution in [1.82, 2.24) is 4.90 Å². The van der Waals surface area contributed by atoms with Crippen molar-refractivity contribution in [2.45, 2.75) is 19.9 Å². The third kappa shape index (κ3) is 3.40. The molecule has 140 valence electrons. The first-order valence-corrected chi connectivity index (χ1v) is 8.32. The maximum atomic E-state index is 13.5. The van der Waals surface area contributed by atoms with E-state index in [1.54, 1.807) is 38.1 Å². The molecule has 2 amide bonds. The number of imide groups is 1. The molecule has 27 heavy (non-hydrogen) atoms. The van der Waals surface area contributed by atoms with Gasteiger partial charge in [0.2, 0.25) is 0 Å². The molecule has 0 saturated heterocycles. The molecule has 0 radical (unpaired) electrons. The average molecular weight is 372 g/mol. The van der Waals surface area contributed by atoms with Crippen LogP contribution in [0.1, 0.15) is 19.4 Å². The second-order valence-electron chi connectivity index (χ2n) is 6.31. The van der Waals surface area contributed by atoms with Crippen LogP contribution in [-0.2, 0) is 9.59 Å². The Kier molecular flexibility index (Phi) is 4.94. The van der Waals surface area contributed by atoms with Crippen LogP contribution in [0.25, 0.3) is 5.57 Å². The van der Waals surface area contributed by atoms with E-state index in [4.69, 9.17) is 4.74 Å². The Morgan fingerprint density at radius 2 is 1.63 bits per heavy atom. The molecule has 0 aromatic heterocycles. The van der Waals surface area contributed by atoms with Crippen LogP contribution in [0.4, 0.5) is 14.5 Å². The quantitative estimate of drug-likeness (QED) is 0.815. The number of methoxy groups -OCH3 is 1. The third-order valence-corrected chi connectivity index (χ3v) is 4.20. The third-order valence-electron chi connectivity index (χ3n) is 4.20. The Morgan fingerprint density at radius 3 is 2.19 bits per heavy atom. The summed E-state index contributed by atoms with van der Waals surface area (Å²) in [5, 5.41) is 2.78. The van der Waals surface area contributed by atoms with Crippen molar-refractivity contribution in [3.05, 3.63) is 65.4 Å². The molecular weight excluding hydrogens is 354 g/mol. The summed E-state index contributed by atoms with van der Waals surface area (Å²) in [7, 11) is 1.52. The van der Waals surface area contributed by atoms with Gasteiger partial charge in [-0.3, -0.25) is 14.5 Å². The fourth-order valence-corrected chi connectivity index (χ4v) is 2.88. The largest absolute Gasteiger partial charge is 0.497 e. The summed E-state index contributed by atoms with van der Waals surface area (Å²) >= 11 is 0. The van der Waals surface area contributed by atoms with Crippen molar-refractivity contribution >= 4 is 23.1 Å². The first kappa shape index (κ1) is 18.6. The number of hydrogen-bond donors (Lipinski definition) is 1. The van der Waals surface area contributed by atoms with Gasteiger partial charge >= 0.3 is 0 Å². The van der Waals surface area contributed by atoms with Crippen molar-refractivity contribution in [1.29, 1.82) is 0 Å². The number of anilines is 1. The van der Waals surface area contributed by atoms with Crippen LogP contribution < -0.4 is 10.1 Å². The van der Waals surface area contributed by atoms with E-state index in [0.717, 1.165) is 17.0 Å². The number of ether oxygens (including phenoxy) is 1. The van der Waals surface area contributed by atoms with Crippen LogP contribution in [0.5, 0.6) is 5.75 Å². The number of nitrogens with one attached hydrogen (secondary N) is 1. The summed E-state index contributed by atoms with van der Waals surface area (Å²) in [5.74, 6) is -2.42. The highest BCUT2D eigenvalue weighted by molar-refractivity contribution is 6.36. The lowest BCUT2D eigenvalue weighted by molar-refractivity contribution is -0.138. The molecule has 1 aliphatic rings. The minimum atomic E-state index is -1.05. The van der Waals surface area contributed by atoms with Gasteiger partial charge in [-0.25, -0.2) is 8.78 Å². The number of nitrogens with zero attached hydrogens (tertiary/aromatic N) is 1. The highest BCUT2D eigenvalue weighted by Gasteiger charge is 2.40. The van der Waals surface area contributed by atoms with E-state index in [-0.39, 0.29) is 23.0 Å². The molecule has 3 rings (SSSR count). The van der Waals surface area contributed by atoms with Crippen molar-refractivity contribution in [2.24, 2.45) is 0 Å². The zero-order valence-corrected chi connectivity index (χ0v) is 15.0. The van der Waals surface area contributed by atoms with Crippen molar-refractivity contribution < 1.29 is 23.1 Å². The van der Waals surface area contributed by atoms with Gasteiger partial charge < -0.3 is 10.1 Å². The minimum absolute atomic E-state index is 0.0184. The zero-order chi connectivity index (χ0) is 19.7. The first-order chi connectivity index (χ1) is 12.8. The molecule has 1 aliphatic heterocycles. The number of benzene rings is 2. The van der Waals surface area contributed by atoms with E-state index in [2.05, 4.69) is 5.32 Å². The molecule has 0 atom stereocenters. The molecule has 2 aromatic rings. The standard InChI is InChI=1S/C20H18F2N2O3/c1-11(2)24-19(25)17(12-4-7-14(27-3)8-5-12)18(20(24)26)23-13-6-9-15(21)16(22)10-13/h4-11,23H,1-3H3. The van der Waals surface area contributed by atoms with Gasteiger partial charge in [0.25, 0.3) is 11.8 Å². The second-order valence-corrected chi connectivity index (χ2v) is 6.31. The highest BCUT2D eigenvalue weighted by Crippen LogP contribution is 2.32. The Balaban J connectivity index is 2.09. The van der Waals surface area contributed by atoms with Gasteiger partial charge in [-0.05, 0) is 43.7 Å². The lowest BCUT2D eigenvalue weighted by Crippen LogP contribution is -2.38. The van der Waals surface area contributed by atoms with Gasteiger partial charge in [-0.1, -0.05) is 12.1 Å². The van der Waals surface area contributed by atoms with Crippen LogP contribution in [-0.4, -0.2) is 29.9 Å². The molecule has 0 fully saturated rings. The maximum Gasteiger partial charge on any atom is 0.278 e. The summed E-state index contributed by atoms with van der Waals surface area (Å²) in [6.45, 7) is 3.45. The monoisotopic (exact) mass is 372 g/mol. The molecule has 0 saturated carbocycles. The molecule has 2 aromatic carbocycles. The van der Waals surface area contributed by atoms with Gasteiger partial charge in [0, 0.05) is 17.8 Å². The number of rotatable bonds is 5. The molecule has 1 N–H and O–H groups in total. The predicted octanol–water partition coefficient (Wildman–Crippen LogP) is 3.57. The number of halogens is 2. The average Bonchev–Trinajstić information content (AvgIpc) is 2.88. The van der Waals surface area contributed by atoms with Gasteiger partial charge in [0.1, 0.15) is 11.4 Å². The molecule has 0 bridgehead atoms. The van der Waals surface area contributed by atoms with Crippen LogP contribution in [0.15, 0.2) is 48.2 Å². The van der Waals surface area contributed by atoms with Gasteiger partial charge in [-0.2, -0.15) is 0 Å². The van der Waals surface area contributed by atoms with Gasteiger partial charge in [-0.15, -0.1) is 0 Å². The van der Waals surface area contributed by atoms with Crippen LogP contribution in [0.3, 0.4) is 0 Å². The van der Waals surface area contributed by atoms with Crippen LogP contribution >= 0.6 is 0 Å². The number of carbonyl (C=O) groups excluding carboxylic acids is 2. The number of hydrogen-bond acceptors (Lipinski definition) is 4. The zero-order valence-electron chi connectivity index (χ0n) is 15.0. The van der Waals surface area contributed by atoms with E-state index in [0.29, 0.717) is 11.3 Å². The Labute approximate surface area is 155 Å². The normalized spacial score (nSPS) is 14.4. The van der Waals surface area contributed by atoms with Crippen LogP contribution in [0.2, 0.25) is 0 Å². The molecule has 7 heteroatoms. The van der Waals surface area contributed by atoms with E-state index >= 15 is 0 Å². The smallest absolute Gasteiger partial charge is 0.278 e. The second kappa shape index (κ2) is 7.19. The fourth-order valence-electron chi connectivity index (χ4n) is 2.88. The van der Waals surface area contributed by atoms with Crippen molar-refractivity contribution in [3.63, 3.8) is 0 Å². The predicted molar refractivity (Wildman–Crippen MR) is 96.9 cm³/mol. The lowest BCUT2D eigenvalue weighted by Gasteiger charge is -2.19. The summed E-state index contributed by atoms with van der Waals surface area (Å²) in [6, 6.07) is 9.50. The first-order valence-electron chi connectivity index (χ1n) is 8.32. The van der Waals surface area contributed by atoms with Crippen LogP contribution in [0, 0.1) is 11.6 Å². The molecule has 0 unspecified atom stereocenters. The molecule has 0 spiro atoms. The highest BCUT2D eigenvalue weighted by atomic mass is 19.2. The van der Waals surface area contributed by atoms with E-state index in [1.807, 2.05) is 0 Å². The fraction of sp³-hybridized carbons (Fsp3) is 0.200. The lowest BCUT2D eigenvalue weighted by atomic mass is 10.0. The summed E-state index contributed by atoms with van der Waals surface area (Å²) < 4.78 is 31.8. The van der Waals surface area contributed by atoms with Crippen molar-refractivity contribution in [3.8, 4) is 5.75 Å². The van der Waals surface area contributed by atoms with Gasteiger partial charge in [0.05, 0.1) is 12.7 Å². The summed E-state index contributed by atoms with van der Waals surface area (Å²) in [6.07, 6.45) is 0. The molecule has 1 heterocycles. The van der Waals surface area contributed by atoms with E-state index in [1.165, 1.54) is 13.2 Å². The Bertz CT molecular complexity index is 937.